The van der Waals surface area contributed by atoms with Gasteiger partial charge in [-0.15, -0.1) is 0 Å². The van der Waals surface area contributed by atoms with Crippen LogP contribution in [0.4, 0.5) is 0 Å². The van der Waals surface area contributed by atoms with Crippen molar-refractivity contribution in [2.45, 2.75) is 32.3 Å². The van der Waals surface area contributed by atoms with Gasteiger partial charge < -0.3 is 14.6 Å². The van der Waals surface area contributed by atoms with E-state index in [1.807, 2.05) is 13.8 Å². The summed E-state index contributed by atoms with van der Waals surface area (Å²) in [7, 11) is 1.54. The molecule has 1 heterocycles. The van der Waals surface area contributed by atoms with Gasteiger partial charge in [0.15, 0.2) is 6.29 Å². The van der Waals surface area contributed by atoms with Gasteiger partial charge in [-0.05, 0) is 6.92 Å². The van der Waals surface area contributed by atoms with Gasteiger partial charge in [0.05, 0.1) is 6.10 Å². The van der Waals surface area contributed by atoms with Gasteiger partial charge in [-0.3, -0.25) is 0 Å². The highest BCUT2D eigenvalue weighted by Gasteiger charge is 2.38. The summed E-state index contributed by atoms with van der Waals surface area (Å²) in [5.74, 6) is 0.171. The Morgan fingerprint density at radius 3 is 2.20 bits per heavy atom. The van der Waals surface area contributed by atoms with Crippen LogP contribution in [0.2, 0.25) is 0 Å². The van der Waals surface area contributed by atoms with Crippen LogP contribution in [0.1, 0.15) is 13.8 Å². The lowest BCUT2D eigenvalue weighted by Gasteiger charge is -2.12. The van der Waals surface area contributed by atoms with Crippen LogP contribution in [0.5, 0.6) is 0 Å². The van der Waals surface area contributed by atoms with Crippen LogP contribution >= 0.6 is 0 Å². The average Bonchev–Trinajstić information content (AvgIpc) is 2.17. The molecule has 60 valence electrons. The summed E-state index contributed by atoms with van der Waals surface area (Å²) in [6, 6.07) is 0. The summed E-state index contributed by atoms with van der Waals surface area (Å²) in [4.78, 5) is 0. The maximum atomic E-state index is 9.38. The Kier molecular flexibility index (Phi) is 2.28. The predicted octanol–water partition coefficient (Wildman–Crippen LogP) is 0.375. The van der Waals surface area contributed by atoms with Crippen LogP contribution in [0.15, 0.2) is 0 Å². The van der Waals surface area contributed by atoms with Crippen LogP contribution in [-0.4, -0.2) is 30.7 Å². The SMILES string of the molecule is COC1OC(C)C(C)C1O. The quantitative estimate of drug-likeness (QED) is 0.581. The van der Waals surface area contributed by atoms with Gasteiger partial charge in [-0.25, -0.2) is 0 Å². The molecule has 0 aromatic carbocycles. The Hall–Kier alpha value is -0.120. The van der Waals surface area contributed by atoms with Gasteiger partial charge in [0.1, 0.15) is 6.10 Å². The van der Waals surface area contributed by atoms with E-state index in [4.69, 9.17) is 9.47 Å². The standard InChI is InChI=1S/C7H14O3/c1-4-5(2)10-7(9-3)6(4)8/h4-8H,1-3H3. The fraction of sp³-hybridized carbons (Fsp3) is 1.00. The topological polar surface area (TPSA) is 38.7 Å². The third-order valence-corrected chi connectivity index (χ3v) is 2.14. The first-order chi connectivity index (χ1) is 4.66. The molecule has 0 aromatic rings. The molecule has 0 amide bonds. The monoisotopic (exact) mass is 146 g/mol. The number of rotatable bonds is 1. The lowest BCUT2D eigenvalue weighted by molar-refractivity contribution is -0.145. The zero-order chi connectivity index (χ0) is 7.72. The van der Waals surface area contributed by atoms with Crippen LogP contribution in [-0.2, 0) is 9.47 Å². The average molecular weight is 146 g/mol. The molecule has 0 saturated carbocycles. The lowest BCUT2D eigenvalue weighted by Crippen LogP contribution is -2.26. The molecule has 1 N–H and O–H groups in total. The summed E-state index contributed by atoms with van der Waals surface area (Å²) >= 11 is 0. The molecule has 4 unspecified atom stereocenters. The summed E-state index contributed by atoms with van der Waals surface area (Å²) < 4.78 is 10.2. The third kappa shape index (κ3) is 1.17. The van der Waals surface area contributed by atoms with Gasteiger partial charge in [0, 0.05) is 13.0 Å². The zero-order valence-corrected chi connectivity index (χ0v) is 6.57. The van der Waals surface area contributed by atoms with Crippen LogP contribution < -0.4 is 0 Å². The summed E-state index contributed by atoms with van der Waals surface area (Å²) in [5, 5.41) is 9.38. The van der Waals surface area contributed by atoms with Gasteiger partial charge >= 0.3 is 0 Å². The fourth-order valence-electron chi connectivity index (χ4n) is 1.14. The van der Waals surface area contributed by atoms with Crippen molar-refractivity contribution in [1.29, 1.82) is 0 Å². The van der Waals surface area contributed by atoms with Crippen LogP contribution in [0.3, 0.4) is 0 Å². The van der Waals surface area contributed by atoms with Crippen molar-refractivity contribution >= 4 is 0 Å². The van der Waals surface area contributed by atoms with Crippen LogP contribution in [0, 0.1) is 5.92 Å². The lowest BCUT2D eigenvalue weighted by atomic mass is 10.0. The van der Waals surface area contributed by atoms with Crippen molar-refractivity contribution in [3.63, 3.8) is 0 Å². The zero-order valence-electron chi connectivity index (χ0n) is 6.57. The molecule has 0 aliphatic carbocycles. The number of hydrogen-bond donors (Lipinski definition) is 1. The highest BCUT2D eigenvalue weighted by atomic mass is 16.7. The van der Waals surface area contributed by atoms with Crippen molar-refractivity contribution in [3.05, 3.63) is 0 Å². The van der Waals surface area contributed by atoms with Crippen molar-refractivity contribution in [2.75, 3.05) is 7.11 Å². The summed E-state index contributed by atoms with van der Waals surface area (Å²) in [6.45, 7) is 3.89. The fourth-order valence-corrected chi connectivity index (χ4v) is 1.14. The molecule has 1 aliphatic heterocycles. The van der Waals surface area contributed by atoms with E-state index in [1.54, 1.807) is 7.11 Å². The molecule has 3 heteroatoms. The predicted molar refractivity (Wildman–Crippen MR) is 36.5 cm³/mol. The minimum Gasteiger partial charge on any atom is -0.387 e. The van der Waals surface area contributed by atoms with Crippen molar-refractivity contribution in [3.8, 4) is 0 Å². The van der Waals surface area contributed by atoms with Crippen molar-refractivity contribution in [2.24, 2.45) is 5.92 Å². The molecular weight excluding hydrogens is 132 g/mol. The first-order valence-electron chi connectivity index (χ1n) is 3.53. The van der Waals surface area contributed by atoms with Gasteiger partial charge in [-0.1, -0.05) is 6.92 Å². The number of ether oxygens (including phenoxy) is 2. The normalized spacial score (nSPS) is 48.0. The number of aliphatic hydroxyl groups excluding tert-OH is 1. The molecule has 1 aliphatic rings. The van der Waals surface area contributed by atoms with Crippen LogP contribution in [0.25, 0.3) is 0 Å². The molecule has 0 radical (unpaired) electrons. The Morgan fingerprint density at radius 2 is 2.00 bits per heavy atom. The number of aliphatic hydroxyl groups is 1. The smallest absolute Gasteiger partial charge is 0.183 e. The molecular formula is C7H14O3. The van der Waals surface area contributed by atoms with Gasteiger partial charge in [-0.2, -0.15) is 0 Å². The minimum atomic E-state index is -0.472. The molecule has 1 rings (SSSR count). The second-order valence-electron chi connectivity index (χ2n) is 2.80. The Morgan fingerprint density at radius 1 is 1.40 bits per heavy atom. The maximum absolute atomic E-state index is 9.38. The van der Waals surface area contributed by atoms with E-state index in [-0.39, 0.29) is 12.0 Å². The molecule has 10 heavy (non-hydrogen) atoms. The Balaban J connectivity index is 2.53. The van der Waals surface area contributed by atoms with E-state index in [1.165, 1.54) is 0 Å². The van der Waals surface area contributed by atoms with Gasteiger partial charge in [0.2, 0.25) is 0 Å². The van der Waals surface area contributed by atoms with Crippen molar-refractivity contribution in [1.82, 2.24) is 0 Å². The van der Waals surface area contributed by atoms with E-state index >= 15 is 0 Å². The second-order valence-corrected chi connectivity index (χ2v) is 2.80. The molecule has 4 atom stereocenters. The van der Waals surface area contributed by atoms with E-state index in [9.17, 15) is 5.11 Å². The van der Waals surface area contributed by atoms with Gasteiger partial charge in [0.25, 0.3) is 0 Å². The molecule has 1 saturated heterocycles. The molecule has 0 spiro atoms. The van der Waals surface area contributed by atoms with E-state index in [0.717, 1.165) is 0 Å². The molecule has 3 nitrogen and oxygen atoms in total. The minimum absolute atomic E-state index is 0.0972. The third-order valence-electron chi connectivity index (χ3n) is 2.14. The number of hydrogen-bond acceptors (Lipinski definition) is 3. The second kappa shape index (κ2) is 2.86. The first kappa shape index (κ1) is 7.98. The number of methoxy groups -OCH3 is 1. The Bertz CT molecular complexity index is 115. The summed E-state index contributed by atoms with van der Waals surface area (Å²) in [6.07, 6.45) is -0.801. The maximum Gasteiger partial charge on any atom is 0.183 e. The highest BCUT2D eigenvalue weighted by Crippen LogP contribution is 2.26. The largest absolute Gasteiger partial charge is 0.387 e. The molecule has 1 fully saturated rings. The summed E-state index contributed by atoms with van der Waals surface area (Å²) in [5.41, 5.74) is 0. The Labute approximate surface area is 60.9 Å². The first-order valence-corrected chi connectivity index (χ1v) is 3.53. The highest BCUT2D eigenvalue weighted by molar-refractivity contribution is 4.80. The van der Waals surface area contributed by atoms with E-state index in [2.05, 4.69) is 0 Å². The molecule has 0 aromatic heterocycles. The van der Waals surface area contributed by atoms with Crippen molar-refractivity contribution < 1.29 is 14.6 Å². The van der Waals surface area contributed by atoms with E-state index in [0.29, 0.717) is 0 Å². The molecule has 0 bridgehead atoms. The van der Waals surface area contributed by atoms with E-state index < -0.39 is 12.4 Å².